The van der Waals surface area contributed by atoms with Crippen molar-refractivity contribution in [2.45, 2.75) is 50.9 Å². The summed E-state index contributed by atoms with van der Waals surface area (Å²) < 4.78 is 60.5. The molecule has 24 nitrogen and oxygen atoms in total. The number of aromatic nitrogens is 4. The molecule has 1 aromatic carbocycles. The molecule has 7 atom stereocenters. The Labute approximate surface area is 332 Å². The van der Waals surface area contributed by atoms with Gasteiger partial charge in [0, 0.05) is 41.3 Å². The second kappa shape index (κ2) is 19.4. The molecule has 2 amide bonds. The van der Waals surface area contributed by atoms with Crippen molar-refractivity contribution in [3.63, 3.8) is 0 Å². The molecule has 3 heterocycles. The number of imidazole rings is 1. The van der Waals surface area contributed by atoms with Crippen molar-refractivity contribution >= 4 is 80.7 Å². The third-order valence-corrected chi connectivity index (χ3v) is 12.0. The van der Waals surface area contributed by atoms with Crippen LogP contribution >= 0.6 is 46.8 Å². The van der Waals surface area contributed by atoms with E-state index in [1.54, 1.807) is 24.3 Å². The molecule has 2 unspecified atom stereocenters. The van der Waals surface area contributed by atoms with Crippen LogP contribution in [0.4, 0.5) is 5.82 Å². The van der Waals surface area contributed by atoms with Gasteiger partial charge < -0.3 is 69.0 Å². The highest BCUT2D eigenvalue weighted by molar-refractivity contribution is 8.14. The number of amides is 2. The molecule has 4 rings (SSSR count). The van der Waals surface area contributed by atoms with Gasteiger partial charge in [0.1, 0.15) is 36.3 Å². The highest BCUT2D eigenvalue weighted by Gasteiger charge is 2.47. The third kappa shape index (κ3) is 13.5. The number of aliphatic hydroxyl groups is 2. The van der Waals surface area contributed by atoms with Crippen molar-refractivity contribution in [2.24, 2.45) is 5.41 Å². The molecule has 0 aliphatic carbocycles. The van der Waals surface area contributed by atoms with Gasteiger partial charge in [-0.3, -0.25) is 28.1 Å². The number of nitrogens with one attached hydrogen (secondary N) is 2. The molecule has 0 bridgehead atoms. The minimum Gasteiger partial charge on any atom is -0.790 e. The Hall–Kier alpha value is -2.93. The molecular formula is C28H35ClN7O17P3S-4. The summed E-state index contributed by atoms with van der Waals surface area (Å²) in [6.07, 6.45) is -7.65. The molecule has 2 aromatic heterocycles. The average Bonchev–Trinajstić information content (AvgIpc) is 3.68. The molecule has 1 fully saturated rings. The molecule has 1 saturated heterocycles. The fourth-order valence-corrected chi connectivity index (χ4v) is 8.47. The molecule has 29 heteroatoms. The lowest BCUT2D eigenvalue weighted by atomic mass is 9.87. The normalized spacial score (nSPS) is 21.4. The SMILES string of the molecule is CC(C)(COP(=O)([O-])OP(=O)([O-])OC[C@H]1O[C@@H](n2cnc3c(N)ncnc32)[C@H](O)[C@@H]1OP(=O)([O-])[O-])[C@@H](O)C(=O)NCCC(=O)NCCSC(=O)c1ccc(Cl)cc1. The van der Waals surface area contributed by atoms with Gasteiger partial charge in [0.2, 0.25) is 16.9 Å². The van der Waals surface area contributed by atoms with Crippen LogP contribution in [0.3, 0.4) is 0 Å². The number of carbonyl (C=O) groups excluding carboxylic acids is 3. The van der Waals surface area contributed by atoms with Crippen LogP contribution in [-0.4, -0.2) is 103 Å². The van der Waals surface area contributed by atoms with E-state index < -0.39 is 84.6 Å². The van der Waals surface area contributed by atoms with Crippen molar-refractivity contribution in [1.82, 2.24) is 30.2 Å². The van der Waals surface area contributed by atoms with E-state index in [1.807, 2.05) is 0 Å². The minimum absolute atomic E-state index is 0.0252. The van der Waals surface area contributed by atoms with Gasteiger partial charge in [-0.05, 0) is 24.3 Å². The number of phosphoric ester groups is 3. The molecule has 1 aliphatic heterocycles. The number of hydrogen-bond donors (Lipinski definition) is 5. The van der Waals surface area contributed by atoms with Crippen LogP contribution in [0.15, 0.2) is 36.9 Å². The van der Waals surface area contributed by atoms with Crippen molar-refractivity contribution < 1.29 is 80.5 Å². The van der Waals surface area contributed by atoms with Crippen LogP contribution < -0.4 is 35.9 Å². The summed E-state index contributed by atoms with van der Waals surface area (Å²) in [4.78, 5) is 96.3. The standard InChI is InChI=1S/C28H39ClN7O17P3S/c1-28(2,22(39)25(40)32-8-7-18(37)31-9-10-57-27(41)15-3-5-16(29)6-4-15)12-50-56(47,48)53-55(45,46)49-11-17-21(52-54(42,43)44)20(38)26(51-17)36-14-35-19-23(30)33-13-34-24(19)36/h3-6,13-14,17,20-22,26,38-39H,7-12H2,1-2H3,(H,31,37)(H,32,40)(H,45,46)(H,47,48)(H2,30,33,34)(H2,42,43,44)/p-4/t17-,20-,21-,22+,26-/m1/s1. The van der Waals surface area contributed by atoms with E-state index in [1.165, 1.54) is 13.8 Å². The third-order valence-electron chi connectivity index (χ3n) is 7.79. The predicted octanol–water partition coefficient (Wildman–Crippen LogP) is -1.90. The molecule has 0 radical (unpaired) electrons. The van der Waals surface area contributed by atoms with Crippen LogP contribution in [0.25, 0.3) is 11.2 Å². The smallest absolute Gasteiger partial charge is 0.274 e. The summed E-state index contributed by atoms with van der Waals surface area (Å²) in [6.45, 7) is -0.0130. The van der Waals surface area contributed by atoms with Crippen LogP contribution in [0.2, 0.25) is 5.02 Å². The maximum Gasteiger partial charge on any atom is 0.274 e. The number of aliphatic hydroxyl groups excluding tert-OH is 2. The molecule has 1 aliphatic rings. The van der Waals surface area contributed by atoms with Crippen LogP contribution in [0, 0.1) is 5.41 Å². The lowest BCUT2D eigenvalue weighted by Gasteiger charge is -2.36. The Morgan fingerprint density at radius 2 is 1.72 bits per heavy atom. The summed E-state index contributed by atoms with van der Waals surface area (Å²) in [7, 11) is -17.6. The number of ether oxygens (including phenoxy) is 1. The van der Waals surface area contributed by atoms with E-state index in [0.29, 0.717) is 10.6 Å². The van der Waals surface area contributed by atoms with Crippen LogP contribution in [-0.2, 0) is 45.9 Å². The molecule has 316 valence electrons. The van der Waals surface area contributed by atoms with E-state index >= 15 is 0 Å². The lowest BCUT2D eigenvalue weighted by Crippen LogP contribution is -2.46. The first-order valence-electron chi connectivity index (χ1n) is 16.2. The lowest BCUT2D eigenvalue weighted by molar-refractivity contribution is -0.347. The van der Waals surface area contributed by atoms with Gasteiger partial charge in [0.15, 0.2) is 17.7 Å². The maximum absolute atomic E-state index is 12.5. The Morgan fingerprint density at radius 1 is 1.05 bits per heavy atom. The molecule has 0 spiro atoms. The number of anilines is 1. The highest BCUT2D eigenvalue weighted by Crippen LogP contribution is 2.56. The number of hydrogen-bond acceptors (Lipinski definition) is 22. The summed E-state index contributed by atoms with van der Waals surface area (Å²) >= 11 is 6.78. The van der Waals surface area contributed by atoms with E-state index in [0.717, 1.165) is 29.0 Å². The first-order valence-corrected chi connectivity index (χ1v) is 22.0. The number of fused-ring (bicyclic) bond motifs is 1. The van der Waals surface area contributed by atoms with Gasteiger partial charge in [-0.1, -0.05) is 37.2 Å². The Morgan fingerprint density at radius 3 is 2.39 bits per heavy atom. The van der Waals surface area contributed by atoms with Gasteiger partial charge in [0.05, 0.1) is 27.4 Å². The Kier molecular flexibility index (Phi) is 15.9. The first kappa shape index (κ1) is 46.8. The zero-order valence-corrected chi connectivity index (χ0v) is 33.9. The molecule has 6 N–H and O–H groups in total. The predicted molar refractivity (Wildman–Crippen MR) is 189 cm³/mol. The number of thioether (sulfide) groups is 1. The van der Waals surface area contributed by atoms with Crippen molar-refractivity contribution in [1.29, 1.82) is 0 Å². The van der Waals surface area contributed by atoms with Crippen LogP contribution in [0.1, 0.15) is 36.9 Å². The quantitative estimate of drug-likeness (QED) is 0.0611. The number of halogens is 1. The monoisotopic (exact) mass is 901 g/mol. The van der Waals surface area contributed by atoms with E-state index in [4.69, 9.17) is 22.1 Å². The number of benzene rings is 1. The van der Waals surface area contributed by atoms with E-state index in [9.17, 15) is 57.9 Å². The molecule has 0 saturated carbocycles. The van der Waals surface area contributed by atoms with Gasteiger partial charge in [-0.25, -0.2) is 19.3 Å². The number of nitrogens with zero attached hydrogens (tertiary/aromatic N) is 4. The molecule has 3 aromatic rings. The maximum atomic E-state index is 12.5. The Balaban J connectivity index is 1.23. The average molecular weight is 902 g/mol. The number of carbonyl (C=O) groups is 3. The van der Waals surface area contributed by atoms with Gasteiger partial charge >= 0.3 is 0 Å². The largest absolute Gasteiger partial charge is 0.790 e. The summed E-state index contributed by atoms with van der Waals surface area (Å²) in [6, 6.07) is 6.28. The fraction of sp³-hybridized carbons (Fsp3) is 0.500. The van der Waals surface area contributed by atoms with Gasteiger partial charge in [-0.2, -0.15) is 0 Å². The minimum atomic E-state index is -5.92. The Bertz CT molecular complexity index is 2060. The molecule has 57 heavy (non-hydrogen) atoms. The zero-order valence-electron chi connectivity index (χ0n) is 29.6. The summed E-state index contributed by atoms with van der Waals surface area (Å²) in [5.74, 6) is -1.34. The zero-order chi connectivity index (χ0) is 42.3. The first-order chi connectivity index (χ1) is 26.5. The summed E-state index contributed by atoms with van der Waals surface area (Å²) in [5.41, 5.74) is 4.48. The van der Waals surface area contributed by atoms with Gasteiger partial charge in [-0.15, -0.1) is 0 Å². The van der Waals surface area contributed by atoms with Crippen molar-refractivity contribution in [3.8, 4) is 0 Å². The van der Waals surface area contributed by atoms with E-state index in [-0.39, 0.29) is 47.4 Å². The number of phosphoric acid groups is 3. The molecular weight excluding hydrogens is 867 g/mol. The van der Waals surface area contributed by atoms with Gasteiger partial charge in [0.25, 0.3) is 15.6 Å². The number of nitrogens with two attached hydrogens (primary N) is 1. The highest BCUT2D eigenvalue weighted by atomic mass is 35.5. The number of rotatable bonds is 20. The van der Waals surface area contributed by atoms with Crippen molar-refractivity contribution in [2.75, 3.05) is 37.8 Å². The van der Waals surface area contributed by atoms with Crippen molar-refractivity contribution in [3.05, 3.63) is 47.5 Å². The second-order valence-electron chi connectivity index (χ2n) is 12.6. The van der Waals surface area contributed by atoms with E-state index in [2.05, 4.69) is 43.5 Å². The van der Waals surface area contributed by atoms with Crippen LogP contribution in [0.5, 0.6) is 0 Å². The topological polar surface area (TPSA) is 375 Å². The fourth-order valence-electron chi connectivity index (χ4n) is 4.92. The summed E-state index contributed by atoms with van der Waals surface area (Å²) in [5, 5.41) is 26.4. The number of nitrogen functional groups attached to an aromatic ring is 1. The second-order valence-corrected chi connectivity index (χ2v) is 18.2.